The van der Waals surface area contributed by atoms with Gasteiger partial charge in [0, 0.05) is 29.4 Å². The molecule has 1 aromatic carbocycles. The van der Waals surface area contributed by atoms with Crippen molar-refractivity contribution in [2.24, 2.45) is 10.9 Å². The molecular weight excluding hydrogens is 330 g/mol. The predicted octanol–water partition coefficient (Wildman–Crippen LogP) is 2.75. The standard InChI is InChI=1S/C18H11N7O/c19-8-12-15(11-2-1-3-14-17(11)25-26-24-14)13-9-21-23-18(13)22-16(12)10-4-6-20-7-5-10/h1-7,9,12,15H,(H,21,23). The number of benzene rings is 1. The van der Waals surface area contributed by atoms with E-state index < -0.39 is 5.92 Å². The molecule has 0 radical (unpaired) electrons. The number of H-pyrrole nitrogens is 1. The van der Waals surface area contributed by atoms with Gasteiger partial charge in [0.15, 0.2) is 5.82 Å². The van der Waals surface area contributed by atoms with Crippen molar-refractivity contribution in [3.8, 4) is 6.07 Å². The average molecular weight is 341 g/mol. The maximum absolute atomic E-state index is 10.0. The number of nitrogens with one attached hydrogen (secondary N) is 1. The van der Waals surface area contributed by atoms with Gasteiger partial charge in [0.2, 0.25) is 0 Å². The van der Waals surface area contributed by atoms with Crippen LogP contribution in [0.4, 0.5) is 5.82 Å². The number of rotatable bonds is 2. The summed E-state index contributed by atoms with van der Waals surface area (Å²) in [6.07, 6.45) is 5.08. The van der Waals surface area contributed by atoms with Crippen molar-refractivity contribution >= 4 is 22.6 Å². The van der Waals surface area contributed by atoms with E-state index in [-0.39, 0.29) is 5.92 Å². The van der Waals surface area contributed by atoms with Gasteiger partial charge >= 0.3 is 0 Å². The summed E-state index contributed by atoms with van der Waals surface area (Å²) in [5.74, 6) is -0.156. The van der Waals surface area contributed by atoms with Crippen LogP contribution in [0.1, 0.15) is 22.6 Å². The van der Waals surface area contributed by atoms with E-state index in [1.165, 1.54) is 0 Å². The third kappa shape index (κ3) is 2.04. The van der Waals surface area contributed by atoms with E-state index in [0.717, 1.165) is 16.7 Å². The molecule has 1 aliphatic heterocycles. The average Bonchev–Trinajstić information content (AvgIpc) is 3.36. The highest BCUT2D eigenvalue weighted by atomic mass is 16.6. The number of nitrogens with zero attached hydrogens (tertiary/aromatic N) is 6. The van der Waals surface area contributed by atoms with Crippen LogP contribution in [-0.2, 0) is 0 Å². The lowest BCUT2D eigenvalue weighted by atomic mass is 9.76. The minimum absolute atomic E-state index is 0.287. The first-order valence-electron chi connectivity index (χ1n) is 8.00. The van der Waals surface area contributed by atoms with Gasteiger partial charge in [-0.25, -0.2) is 9.62 Å². The van der Waals surface area contributed by atoms with E-state index in [1.807, 2.05) is 30.3 Å². The molecule has 0 amide bonds. The molecule has 5 rings (SSSR count). The van der Waals surface area contributed by atoms with Crippen molar-refractivity contribution in [3.05, 3.63) is 65.6 Å². The van der Waals surface area contributed by atoms with Gasteiger partial charge in [-0.15, -0.1) is 0 Å². The molecular formula is C18H11N7O. The Morgan fingerprint density at radius 2 is 1.96 bits per heavy atom. The number of pyridine rings is 1. The zero-order chi connectivity index (χ0) is 17.5. The summed E-state index contributed by atoms with van der Waals surface area (Å²) in [7, 11) is 0. The van der Waals surface area contributed by atoms with Gasteiger partial charge in [-0.2, -0.15) is 10.4 Å². The number of aliphatic imine (C=N–C) groups is 1. The van der Waals surface area contributed by atoms with Crippen LogP contribution >= 0.6 is 0 Å². The zero-order valence-electron chi connectivity index (χ0n) is 13.4. The van der Waals surface area contributed by atoms with E-state index in [2.05, 4.69) is 36.6 Å². The van der Waals surface area contributed by atoms with Crippen molar-refractivity contribution in [2.45, 2.75) is 5.92 Å². The maximum atomic E-state index is 10.0. The van der Waals surface area contributed by atoms with Gasteiger partial charge in [0.1, 0.15) is 17.0 Å². The quantitative estimate of drug-likeness (QED) is 0.599. The highest BCUT2D eigenvalue weighted by molar-refractivity contribution is 6.07. The molecule has 0 aliphatic carbocycles. The lowest BCUT2D eigenvalue weighted by Gasteiger charge is -2.27. The molecule has 0 saturated carbocycles. The largest absolute Gasteiger partial charge is 0.265 e. The third-order valence-corrected chi connectivity index (χ3v) is 4.61. The summed E-state index contributed by atoms with van der Waals surface area (Å²) in [6.45, 7) is 0. The number of nitriles is 1. The SMILES string of the molecule is N#CC1C(c2ccncc2)=Nc2[nH]ncc2C1c1cccc2nonc12. The molecule has 0 fully saturated rings. The molecule has 1 N–H and O–H groups in total. The second-order valence-corrected chi connectivity index (χ2v) is 5.97. The van der Waals surface area contributed by atoms with Crippen LogP contribution in [0.3, 0.4) is 0 Å². The Hall–Kier alpha value is -3.86. The van der Waals surface area contributed by atoms with Crippen LogP contribution in [0.25, 0.3) is 11.0 Å². The van der Waals surface area contributed by atoms with E-state index in [4.69, 9.17) is 4.63 Å². The van der Waals surface area contributed by atoms with Crippen LogP contribution in [0.2, 0.25) is 0 Å². The molecule has 1 aliphatic rings. The van der Waals surface area contributed by atoms with Crippen molar-refractivity contribution in [3.63, 3.8) is 0 Å². The molecule has 0 spiro atoms. The second kappa shape index (κ2) is 5.60. The minimum atomic E-state index is -0.509. The first kappa shape index (κ1) is 14.5. The van der Waals surface area contributed by atoms with E-state index in [9.17, 15) is 5.26 Å². The number of aromatic amines is 1. The second-order valence-electron chi connectivity index (χ2n) is 5.97. The summed E-state index contributed by atoms with van der Waals surface area (Å²) in [6, 6.07) is 11.8. The van der Waals surface area contributed by atoms with Crippen LogP contribution in [0, 0.1) is 17.2 Å². The summed E-state index contributed by atoms with van der Waals surface area (Å²) in [5.41, 5.74) is 4.52. The third-order valence-electron chi connectivity index (χ3n) is 4.61. The molecule has 8 heteroatoms. The Morgan fingerprint density at radius 3 is 2.81 bits per heavy atom. The van der Waals surface area contributed by atoms with Crippen molar-refractivity contribution in [1.29, 1.82) is 5.26 Å². The highest BCUT2D eigenvalue weighted by Crippen LogP contribution is 2.43. The zero-order valence-corrected chi connectivity index (χ0v) is 13.4. The van der Waals surface area contributed by atoms with Gasteiger partial charge < -0.3 is 0 Å². The van der Waals surface area contributed by atoms with Gasteiger partial charge in [-0.1, -0.05) is 12.1 Å². The lowest BCUT2D eigenvalue weighted by molar-refractivity contribution is 0.315. The Morgan fingerprint density at radius 1 is 1.08 bits per heavy atom. The number of fused-ring (bicyclic) bond motifs is 2. The van der Waals surface area contributed by atoms with E-state index >= 15 is 0 Å². The maximum Gasteiger partial charge on any atom is 0.152 e. The number of hydrogen-bond donors (Lipinski definition) is 1. The molecule has 26 heavy (non-hydrogen) atoms. The number of hydrogen-bond acceptors (Lipinski definition) is 7. The molecule has 0 bridgehead atoms. The summed E-state index contributed by atoms with van der Waals surface area (Å²) in [5, 5.41) is 25.0. The monoisotopic (exact) mass is 341 g/mol. The van der Waals surface area contributed by atoms with Crippen LogP contribution in [-0.4, -0.2) is 31.2 Å². The smallest absolute Gasteiger partial charge is 0.152 e. The molecule has 0 saturated heterocycles. The fraction of sp³-hybridized carbons (Fsp3) is 0.111. The van der Waals surface area contributed by atoms with Crippen molar-refractivity contribution in [1.82, 2.24) is 25.5 Å². The normalized spacial score (nSPS) is 19.0. The van der Waals surface area contributed by atoms with Gasteiger partial charge in [-0.3, -0.25) is 10.1 Å². The highest BCUT2D eigenvalue weighted by Gasteiger charge is 2.37. The first-order chi connectivity index (χ1) is 12.9. The lowest BCUT2D eigenvalue weighted by Crippen LogP contribution is -2.26. The Bertz CT molecular complexity index is 1170. The van der Waals surface area contributed by atoms with E-state index in [1.54, 1.807) is 18.6 Å². The predicted molar refractivity (Wildman–Crippen MR) is 91.8 cm³/mol. The summed E-state index contributed by atoms with van der Waals surface area (Å²) < 4.78 is 4.90. The van der Waals surface area contributed by atoms with Crippen molar-refractivity contribution in [2.75, 3.05) is 0 Å². The summed E-state index contributed by atoms with van der Waals surface area (Å²) >= 11 is 0. The molecule has 2 atom stereocenters. The Balaban J connectivity index is 1.77. The van der Waals surface area contributed by atoms with E-state index in [0.29, 0.717) is 22.6 Å². The molecule has 2 unspecified atom stereocenters. The minimum Gasteiger partial charge on any atom is -0.265 e. The van der Waals surface area contributed by atoms with Crippen LogP contribution in [0.5, 0.6) is 0 Å². The van der Waals surface area contributed by atoms with Crippen LogP contribution < -0.4 is 0 Å². The molecule has 124 valence electrons. The fourth-order valence-corrected chi connectivity index (χ4v) is 3.46. The van der Waals surface area contributed by atoms with Crippen molar-refractivity contribution < 1.29 is 4.63 Å². The summed E-state index contributed by atoms with van der Waals surface area (Å²) in [4.78, 5) is 8.71. The van der Waals surface area contributed by atoms with Gasteiger partial charge in [0.25, 0.3) is 0 Å². The van der Waals surface area contributed by atoms with Gasteiger partial charge in [0.05, 0.1) is 18.0 Å². The molecule has 8 nitrogen and oxygen atoms in total. The Kier molecular flexibility index (Phi) is 3.12. The molecule has 3 aromatic heterocycles. The Labute approximate surface area is 147 Å². The first-order valence-corrected chi connectivity index (χ1v) is 8.00. The fourth-order valence-electron chi connectivity index (χ4n) is 3.46. The van der Waals surface area contributed by atoms with Crippen LogP contribution in [0.15, 0.2) is 58.5 Å². The molecule has 4 aromatic rings. The number of aromatic nitrogens is 5. The van der Waals surface area contributed by atoms with Gasteiger partial charge in [-0.05, 0) is 34.1 Å². The molecule has 4 heterocycles. The topological polar surface area (TPSA) is 117 Å².